The first-order valence-corrected chi connectivity index (χ1v) is 7.30. The van der Waals surface area contributed by atoms with Crippen LogP contribution in [0.5, 0.6) is 0 Å². The Balaban J connectivity index is 1.65. The number of carboxylic acid groups (broad SMARTS) is 1. The van der Waals surface area contributed by atoms with Crippen LogP contribution in [0.4, 0.5) is 4.79 Å². The molecular weight excluding hydrogens is 272 g/mol. The Labute approximate surface area is 122 Å². The smallest absolute Gasteiger partial charge is 0.317 e. The van der Waals surface area contributed by atoms with E-state index in [2.05, 4.69) is 10.4 Å². The molecule has 0 saturated carbocycles. The minimum Gasteiger partial charge on any atom is -0.481 e. The highest BCUT2D eigenvalue weighted by molar-refractivity contribution is 5.79. The van der Waals surface area contributed by atoms with Gasteiger partial charge in [0, 0.05) is 25.8 Å². The van der Waals surface area contributed by atoms with Gasteiger partial charge in [-0.2, -0.15) is 5.10 Å². The van der Waals surface area contributed by atoms with Crippen LogP contribution in [0.3, 0.4) is 0 Å². The summed E-state index contributed by atoms with van der Waals surface area (Å²) in [4.78, 5) is 25.2. The van der Waals surface area contributed by atoms with Gasteiger partial charge in [0.05, 0.1) is 17.2 Å². The first kappa shape index (κ1) is 13.9. The van der Waals surface area contributed by atoms with Crippen molar-refractivity contribution >= 4 is 12.0 Å². The van der Waals surface area contributed by atoms with Gasteiger partial charge in [0.25, 0.3) is 0 Å². The number of urea groups is 1. The molecule has 2 N–H and O–H groups in total. The number of carbonyl (C=O) groups excluding carboxylic acids is 1. The van der Waals surface area contributed by atoms with Crippen LogP contribution < -0.4 is 5.32 Å². The number of amides is 2. The Morgan fingerprint density at radius 3 is 3.00 bits per heavy atom. The summed E-state index contributed by atoms with van der Waals surface area (Å²) in [6.45, 7) is 3.33. The van der Waals surface area contributed by atoms with Crippen LogP contribution in [0.2, 0.25) is 0 Å². The maximum atomic E-state index is 12.3. The van der Waals surface area contributed by atoms with Gasteiger partial charge in [0.1, 0.15) is 0 Å². The third-order valence-electron chi connectivity index (χ3n) is 4.54. The summed E-state index contributed by atoms with van der Waals surface area (Å²) in [6.07, 6.45) is 4.11. The van der Waals surface area contributed by atoms with E-state index in [0.29, 0.717) is 13.0 Å². The summed E-state index contributed by atoms with van der Waals surface area (Å²) in [5.74, 6) is -0.839. The molecule has 2 aliphatic heterocycles. The molecule has 3 heterocycles. The van der Waals surface area contributed by atoms with Crippen LogP contribution in [-0.4, -0.2) is 44.9 Å². The summed E-state index contributed by atoms with van der Waals surface area (Å²) in [6, 6.07) is 1.71. The summed E-state index contributed by atoms with van der Waals surface area (Å²) < 4.78 is 1.92. The number of aliphatic carboxylic acids is 1. The second kappa shape index (κ2) is 5.05. The molecule has 1 saturated heterocycles. The van der Waals surface area contributed by atoms with Crippen molar-refractivity contribution in [1.29, 1.82) is 0 Å². The third-order valence-corrected chi connectivity index (χ3v) is 4.54. The number of rotatable bonds is 2. The molecule has 1 aromatic heterocycles. The number of aryl methyl sites for hydroxylation is 1. The Hall–Kier alpha value is -2.05. The molecule has 2 aliphatic rings. The fourth-order valence-electron chi connectivity index (χ4n) is 3.11. The van der Waals surface area contributed by atoms with Gasteiger partial charge < -0.3 is 15.3 Å². The van der Waals surface area contributed by atoms with Crippen LogP contribution in [0.15, 0.2) is 12.3 Å². The Morgan fingerprint density at radius 1 is 1.48 bits per heavy atom. The van der Waals surface area contributed by atoms with E-state index in [1.807, 2.05) is 10.7 Å². The zero-order valence-electron chi connectivity index (χ0n) is 12.1. The standard InChI is InChI=1S/C14H20N4O3/c1-14(12(19)20)5-8-17(9-14)13(21)16-10-3-2-7-18-11(10)4-6-15-18/h4,6,10H,2-3,5,7-9H2,1H3,(H,16,21)(H,19,20). The van der Waals surface area contributed by atoms with Crippen LogP contribution in [0, 0.1) is 5.41 Å². The molecule has 1 aromatic rings. The zero-order chi connectivity index (χ0) is 15.0. The predicted molar refractivity (Wildman–Crippen MR) is 74.7 cm³/mol. The van der Waals surface area contributed by atoms with Crippen molar-refractivity contribution in [1.82, 2.24) is 20.0 Å². The maximum Gasteiger partial charge on any atom is 0.317 e. The number of hydrogen-bond donors (Lipinski definition) is 2. The van der Waals surface area contributed by atoms with Gasteiger partial charge in [-0.05, 0) is 32.3 Å². The van der Waals surface area contributed by atoms with E-state index in [9.17, 15) is 14.7 Å². The van der Waals surface area contributed by atoms with Gasteiger partial charge in [-0.15, -0.1) is 0 Å². The molecule has 21 heavy (non-hydrogen) atoms. The van der Waals surface area contributed by atoms with Crippen LogP contribution in [0.25, 0.3) is 0 Å². The average Bonchev–Trinajstić information content (AvgIpc) is 3.06. The SMILES string of the molecule is CC1(C(=O)O)CCN(C(=O)NC2CCCn3nccc32)C1. The monoisotopic (exact) mass is 292 g/mol. The Bertz CT molecular complexity index is 570. The normalized spacial score (nSPS) is 28.2. The fourth-order valence-corrected chi connectivity index (χ4v) is 3.11. The number of aromatic nitrogens is 2. The van der Waals surface area contributed by atoms with Crippen molar-refractivity contribution in [2.45, 2.75) is 38.8 Å². The number of likely N-dealkylation sites (tertiary alicyclic amines) is 1. The predicted octanol–water partition coefficient (Wildman–Crippen LogP) is 1.22. The van der Waals surface area contributed by atoms with E-state index in [-0.39, 0.29) is 18.6 Å². The fraction of sp³-hybridized carbons (Fsp3) is 0.643. The van der Waals surface area contributed by atoms with Crippen LogP contribution >= 0.6 is 0 Å². The van der Waals surface area contributed by atoms with E-state index in [4.69, 9.17) is 0 Å². The molecule has 114 valence electrons. The van der Waals surface area contributed by atoms with Crippen molar-refractivity contribution in [3.63, 3.8) is 0 Å². The van der Waals surface area contributed by atoms with Gasteiger partial charge in [0.2, 0.25) is 0 Å². The Kier molecular flexibility index (Phi) is 3.35. The van der Waals surface area contributed by atoms with Gasteiger partial charge in [-0.3, -0.25) is 9.48 Å². The van der Waals surface area contributed by atoms with Gasteiger partial charge in [0.15, 0.2) is 0 Å². The molecule has 0 aromatic carbocycles. The van der Waals surface area contributed by atoms with Gasteiger partial charge in [-0.1, -0.05) is 0 Å². The third kappa shape index (κ3) is 2.48. The highest BCUT2D eigenvalue weighted by Crippen LogP contribution is 2.31. The molecule has 0 aliphatic carbocycles. The van der Waals surface area contributed by atoms with Crippen molar-refractivity contribution in [3.05, 3.63) is 18.0 Å². The van der Waals surface area contributed by atoms with E-state index >= 15 is 0 Å². The lowest BCUT2D eigenvalue weighted by Crippen LogP contribution is -2.43. The van der Waals surface area contributed by atoms with Crippen LogP contribution in [0.1, 0.15) is 37.9 Å². The number of nitrogens with one attached hydrogen (secondary N) is 1. The number of nitrogens with zero attached hydrogens (tertiary/aromatic N) is 3. The molecule has 3 rings (SSSR count). The van der Waals surface area contributed by atoms with E-state index in [1.54, 1.807) is 18.0 Å². The molecule has 2 unspecified atom stereocenters. The minimum absolute atomic E-state index is 0.0366. The maximum absolute atomic E-state index is 12.3. The first-order chi connectivity index (χ1) is 9.99. The lowest BCUT2D eigenvalue weighted by Gasteiger charge is -2.27. The summed E-state index contributed by atoms with van der Waals surface area (Å²) in [5.41, 5.74) is 0.195. The molecule has 0 bridgehead atoms. The molecule has 7 heteroatoms. The molecule has 0 spiro atoms. The second-order valence-corrected chi connectivity index (χ2v) is 6.16. The first-order valence-electron chi connectivity index (χ1n) is 7.30. The minimum atomic E-state index is -0.839. The van der Waals surface area contributed by atoms with Crippen molar-refractivity contribution in [2.75, 3.05) is 13.1 Å². The summed E-state index contributed by atoms with van der Waals surface area (Å²) in [7, 11) is 0. The number of fused-ring (bicyclic) bond motifs is 1. The lowest BCUT2D eigenvalue weighted by molar-refractivity contribution is -0.147. The van der Waals surface area contributed by atoms with Gasteiger partial charge in [-0.25, -0.2) is 4.79 Å². The number of carbonyl (C=O) groups is 2. The average molecular weight is 292 g/mol. The molecule has 2 amide bonds. The van der Waals surface area contributed by atoms with Gasteiger partial charge >= 0.3 is 12.0 Å². The summed E-state index contributed by atoms with van der Waals surface area (Å²) in [5, 5.41) is 16.5. The lowest BCUT2D eigenvalue weighted by atomic mass is 9.90. The van der Waals surface area contributed by atoms with Crippen molar-refractivity contribution < 1.29 is 14.7 Å². The topological polar surface area (TPSA) is 87.5 Å². The van der Waals surface area contributed by atoms with E-state index in [0.717, 1.165) is 25.1 Å². The molecule has 1 fully saturated rings. The molecule has 7 nitrogen and oxygen atoms in total. The Morgan fingerprint density at radius 2 is 2.29 bits per heavy atom. The van der Waals surface area contributed by atoms with Crippen molar-refractivity contribution in [3.8, 4) is 0 Å². The van der Waals surface area contributed by atoms with Crippen LogP contribution in [-0.2, 0) is 11.3 Å². The molecule has 2 atom stereocenters. The summed E-state index contributed by atoms with van der Waals surface area (Å²) >= 11 is 0. The quantitative estimate of drug-likeness (QED) is 0.858. The highest BCUT2D eigenvalue weighted by Gasteiger charge is 2.42. The molecular formula is C14H20N4O3. The van der Waals surface area contributed by atoms with Crippen molar-refractivity contribution in [2.24, 2.45) is 5.41 Å². The van der Waals surface area contributed by atoms with E-state index in [1.165, 1.54) is 0 Å². The van der Waals surface area contributed by atoms with E-state index < -0.39 is 11.4 Å². The highest BCUT2D eigenvalue weighted by atomic mass is 16.4. The largest absolute Gasteiger partial charge is 0.481 e. The number of carboxylic acids is 1. The second-order valence-electron chi connectivity index (χ2n) is 6.16. The number of hydrogen-bond acceptors (Lipinski definition) is 3. The molecule has 0 radical (unpaired) electrons. The zero-order valence-corrected chi connectivity index (χ0v) is 12.1.